The number of pyridine rings is 1. The number of hydrogen-bond acceptors (Lipinski definition) is 3. The van der Waals surface area contributed by atoms with Crippen LogP contribution in [0.3, 0.4) is 0 Å². The molecule has 2 heterocycles. The van der Waals surface area contributed by atoms with Crippen LogP contribution in [0, 0.1) is 6.92 Å². The van der Waals surface area contributed by atoms with E-state index in [4.69, 9.17) is 5.11 Å². The molecule has 0 aliphatic rings. The standard InChI is InChI=1S/C10H10N2O3.ClH/c1-5-2-11-9-8(7(5)4-13)6(3-12-9)10(14)15;/h2-3,13H,4H2,1H3,(H,11,12)(H,14,15);1H. The number of H-pyrrole nitrogens is 1. The minimum atomic E-state index is -1.02. The normalized spacial score (nSPS) is 10.1. The lowest BCUT2D eigenvalue weighted by Crippen LogP contribution is -1.98. The first-order valence-corrected chi connectivity index (χ1v) is 4.45. The zero-order valence-corrected chi connectivity index (χ0v) is 9.34. The minimum Gasteiger partial charge on any atom is -0.478 e. The molecule has 5 nitrogen and oxygen atoms in total. The van der Waals surface area contributed by atoms with Gasteiger partial charge in [-0.2, -0.15) is 0 Å². The number of carbonyl (C=O) groups is 1. The molecule has 0 radical (unpaired) electrons. The summed E-state index contributed by atoms with van der Waals surface area (Å²) in [6.07, 6.45) is 2.99. The van der Waals surface area contributed by atoms with E-state index >= 15 is 0 Å². The Labute approximate surface area is 97.5 Å². The largest absolute Gasteiger partial charge is 0.478 e. The number of aliphatic hydroxyl groups excluding tert-OH is 1. The van der Waals surface area contributed by atoms with Crippen molar-refractivity contribution >= 4 is 29.4 Å². The first-order valence-electron chi connectivity index (χ1n) is 4.45. The lowest BCUT2D eigenvalue weighted by atomic mass is 10.1. The maximum Gasteiger partial charge on any atom is 0.337 e. The molecule has 2 rings (SSSR count). The molecule has 2 aromatic heterocycles. The van der Waals surface area contributed by atoms with E-state index in [9.17, 15) is 9.90 Å². The van der Waals surface area contributed by atoms with Crippen LogP contribution in [0.25, 0.3) is 11.0 Å². The van der Waals surface area contributed by atoms with Gasteiger partial charge in [-0.05, 0) is 18.1 Å². The van der Waals surface area contributed by atoms with Crippen LogP contribution in [0.1, 0.15) is 21.5 Å². The van der Waals surface area contributed by atoms with Gasteiger partial charge < -0.3 is 15.2 Å². The molecule has 6 heteroatoms. The second-order valence-electron chi connectivity index (χ2n) is 3.31. The molecule has 0 spiro atoms. The first kappa shape index (κ1) is 12.5. The number of fused-ring (bicyclic) bond motifs is 1. The third kappa shape index (κ3) is 1.75. The van der Waals surface area contributed by atoms with Gasteiger partial charge in [0.15, 0.2) is 0 Å². The number of hydrogen-bond donors (Lipinski definition) is 3. The summed E-state index contributed by atoms with van der Waals surface area (Å²) in [6, 6.07) is 0. The molecule has 3 N–H and O–H groups in total. The molecule has 86 valence electrons. The molecule has 16 heavy (non-hydrogen) atoms. The Morgan fingerprint density at radius 1 is 1.56 bits per heavy atom. The van der Waals surface area contributed by atoms with E-state index in [0.29, 0.717) is 16.6 Å². The van der Waals surface area contributed by atoms with Crippen molar-refractivity contribution in [3.05, 3.63) is 29.1 Å². The van der Waals surface area contributed by atoms with Crippen molar-refractivity contribution in [3.8, 4) is 0 Å². The molecule has 0 aromatic carbocycles. The molecular weight excluding hydrogens is 232 g/mol. The van der Waals surface area contributed by atoms with E-state index in [0.717, 1.165) is 5.56 Å². The van der Waals surface area contributed by atoms with E-state index in [1.165, 1.54) is 6.20 Å². The van der Waals surface area contributed by atoms with Crippen molar-refractivity contribution in [1.29, 1.82) is 0 Å². The molecule has 0 aliphatic carbocycles. The molecule has 0 saturated heterocycles. The van der Waals surface area contributed by atoms with E-state index in [1.807, 2.05) is 0 Å². The molecule has 0 saturated carbocycles. The third-order valence-electron chi connectivity index (χ3n) is 2.41. The second-order valence-corrected chi connectivity index (χ2v) is 3.31. The average Bonchev–Trinajstić information content (AvgIpc) is 2.61. The molecule has 0 bridgehead atoms. The lowest BCUT2D eigenvalue weighted by molar-refractivity contribution is 0.0699. The van der Waals surface area contributed by atoms with Gasteiger partial charge in [0.2, 0.25) is 0 Å². The van der Waals surface area contributed by atoms with Crippen LogP contribution in [0.15, 0.2) is 12.4 Å². The van der Waals surface area contributed by atoms with Gasteiger partial charge in [-0.1, -0.05) is 0 Å². The van der Waals surface area contributed by atoms with Crippen molar-refractivity contribution in [2.24, 2.45) is 0 Å². The average molecular weight is 243 g/mol. The summed E-state index contributed by atoms with van der Waals surface area (Å²) in [6.45, 7) is 1.60. The number of aryl methyl sites for hydroxylation is 1. The number of aliphatic hydroxyl groups is 1. The second kappa shape index (κ2) is 4.51. The van der Waals surface area contributed by atoms with Gasteiger partial charge in [-0.15, -0.1) is 12.4 Å². The van der Waals surface area contributed by atoms with E-state index in [1.54, 1.807) is 13.1 Å². The molecule has 0 fully saturated rings. The summed E-state index contributed by atoms with van der Waals surface area (Å²) < 4.78 is 0. The highest BCUT2D eigenvalue weighted by molar-refractivity contribution is 6.03. The van der Waals surface area contributed by atoms with Gasteiger partial charge in [-0.3, -0.25) is 0 Å². The summed E-state index contributed by atoms with van der Waals surface area (Å²) in [5.74, 6) is -1.02. The van der Waals surface area contributed by atoms with E-state index in [2.05, 4.69) is 9.97 Å². The summed E-state index contributed by atoms with van der Waals surface area (Å²) in [5, 5.41) is 18.7. The number of nitrogens with zero attached hydrogens (tertiary/aromatic N) is 1. The Bertz CT molecular complexity index is 536. The Balaban J connectivity index is 0.00000128. The lowest BCUT2D eigenvalue weighted by Gasteiger charge is -2.04. The molecular formula is C10H11ClN2O3. The Morgan fingerprint density at radius 2 is 2.25 bits per heavy atom. The van der Waals surface area contributed by atoms with Crippen molar-refractivity contribution in [2.45, 2.75) is 13.5 Å². The van der Waals surface area contributed by atoms with E-state index in [-0.39, 0.29) is 24.6 Å². The summed E-state index contributed by atoms with van der Waals surface area (Å²) >= 11 is 0. The Morgan fingerprint density at radius 3 is 2.81 bits per heavy atom. The van der Waals surface area contributed by atoms with Gasteiger partial charge in [0.05, 0.1) is 12.2 Å². The molecule has 0 atom stereocenters. The van der Waals surface area contributed by atoms with Crippen LogP contribution in [-0.2, 0) is 6.61 Å². The van der Waals surface area contributed by atoms with E-state index < -0.39 is 5.97 Å². The number of halogens is 1. The van der Waals surface area contributed by atoms with Gasteiger partial charge in [0.1, 0.15) is 5.65 Å². The topological polar surface area (TPSA) is 86.2 Å². The van der Waals surface area contributed by atoms with Crippen molar-refractivity contribution < 1.29 is 15.0 Å². The van der Waals surface area contributed by atoms with Gasteiger partial charge in [-0.25, -0.2) is 9.78 Å². The predicted molar refractivity (Wildman–Crippen MR) is 61.0 cm³/mol. The third-order valence-corrected chi connectivity index (χ3v) is 2.41. The predicted octanol–water partition coefficient (Wildman–Crippen LogP) is 1.48. The highest BCUT2D eigenvalue weighted by atomic mass is 35.5. The van der Waals surface area contributed by atoms with Crippen molar-refractivity contribution in [1.82, 2.24) is 9.97 Å². The van der Waals surface area contributed by atoms with Crippen LogP contribution in [0.4, 0.5) is 0 Å². The summed E-state index contributed by atoms with van der Waals surface area (Å²) in [7, 11) is 0. The summed E-state index contributed by atoms with van der Waals surface area (Å²) in [4.78, 5) is 17.8. The maximum atomic E-state index is 10.9. The van der Waals surface area contributed by atoms with Crippen LogP contribution in [0.2, 0.25) is 0 Å². The quantitative estimate of drug-likeness (QED) is 0.745. The highest BCUT2D eigenvalue weighted by Crippen LogP contribution is 2.23. The summed E-state index contributed by atoms with van der Waals surface area (Å²) in [5.41, 5.74) is 2.03. The van der Waals surface area contributed by atoms with Crippen LogP contribution < -0.4 is 0 Å². The monoisotopic (exact) mass is 242 g/mol. The number of carboxylic acids is 1. The van der Waals surface area contributed by atoms with Gasteiger partial charge in [0.25, 0.3) is 0 Å². The Kier molecular flexibility index (Phi) is 3.51. The van der Waals surface area contributed by atoms with Crippen LogP contribution in [-0.4, -0.2) is 26.2 Å². The molecule has 0 aliphatic heterocycles. The number of rotatable bonds is 2. The zero-order valence-electron chi connectivity index (χ0n) is 8.52. The van der Waals surface area contributed by atoms with Crippen LogP contribution in [0.5, 0.6) is 0 Å². The number of aromatic nitrogens is 2. The molecule has 0 amide bonds. The number of nitrogens with one attached hydrogen (secondary N) is 1. The maximum absolute atomic E-state index is 10.9. The SMILES string of the molecule is Cc1cnc2[nH]cc(C(=O)O)c2c1CO.Cl. The first-order chi connectivity index (χ1) is 7.15. The minimum absolute atomic E-state index is 0. The number of aromatic amines is 1. The highest BCUT2D eigenvalue weighted by Gasteiger charge is 2.15. The number of aromatic carboxylic acids is 1. The fraction of sp³-hybridized carbons (Fsp3) is 0.200. The fourth-order valence-electron chi connectivity index (χ4n) is 1.63. The van der Waals surface area contributed by atoms with Crippen LogP contribution >= 0.6 is 12.4 Å². The molecule has 2 aromatic rings. The number of carboxylic acid groups (broad SMARTS) is 1. The Hall–Kier alpha value is -1.59. The fourth-order valence-corrected chi connectivity index (χ4v) is 1.63. The van der Waals surface area contributed by atoms with Gasteiger partial charge in [0, 0.05) is 17.8 Å². The van der Waals surface area contributed by atoms with Crippen molar-refractivity contribution in [3.63, 3.8) is 0 Å². The zero-order chi connectivity index (χ0) is 11.0. The van der Waals surface area contributed by atoms with Crippen molar-refractivity contribution in [2.75, 3.05) is 0 Å². The smallest absolute Gasteiger partial charge is 0.337 e. The molecule has 0 unspecified atom stereocenters. The van der Waals surface area contributed by atoms with Gasteiger partial charge >= 0.3 is 5.97 Å².